The second-order valence-corrected chi connectivity index (χ2v) is 6.85. The quantitative estimate of drug-likeness (QED) is 0.814. The van der Waals surface area contributed by atoms with E-state index in [1.165, 1.54) is 18.2 Å². The summed E-state index contributed by atoms with van der Waals surface area (Å²) in [5.74, 6) is -0.315. The zero-order valence-corrected chi connectivity index (χ0v) is 11.1. The van der Waals surface area contributed by atoms with E-state index in [0.717, 1.165) is 0 Å². The maximum Gasteiger partial charge on any atom is 0.136 e. The molecule has 0 radical (unpaired) electrons. The minimum Gasteiger partial charge on any atom is -0.598 e. The van der Waals surface area contributed by atoms with Crippen molar-refractivity contribution in [3.05, 3.63) is 29.6 Å². The van der Waals surface area contributed by atoms with Gasteiger partial charge in [0.2, 0.25) is 0 Å². The van der Waals surface area contributed by atoms with E-state index in [4.69, 9.17) is 0 Å². The molecule has 5 heteroatoms. The molecule has 0 spiro atoms. The summed E-state index contributed by atoms with van der Waals surface area (Å²) in [4.78, 5) is 0. The number of halogens is 1. The Balaban J connectivity index is 2.49. The van der Waals surface area contributed by atoms with Crippen LogP contribution in [0, 0.1) is 5.82 Å². The molecule has 96 valence electrons. The first-order chi connectivity index (χ1) is 7.80. The smallest absolute Gasteiger partial charge is 0.136 e. The van der Waals surface area contributed by atoms with Gasteiger partial charge >= 0.3 is 0 Å². The van der Waals surface area contributed by atoms with Crippen LogP contribution in [-0.4, -0.2) is 21.0 Å². The van der Waals surface area contributed by atoms with Gasteiger partial charge in [-0.3, -0.25) is 0 Å². The van der Waals surface area contributed by atoms with Crippen LogP contribution < -0.4 is 4.72 Å². The van der Waals surface area contributed by atoms with E-state index in [1.54, 1.807) is 0 Å². The normalized spacial score (nSPS) is 13.7. The average molecular weight is 259 g/mol. The van der Waals surface area contributed by atoms with Crippen LogP contribution in [0.2, 0.25) is 0 Å². The number of rotatable bonds is 4. The summed E-state index contributed by atoms with van der Waals surface area (Å²) in [5.41, 5.74) is 0.517. The molecule has 1 aromatic rings. The lowest BCUT2D eigenvalue weighted by Crippen LogP contribution is -2.40. The summed E-state index contributed by atoms with van der Waals surface area (Å²) in [5, 5.41) is 9.49. The fourth-order valence-electron chi connectivity index (χ4n) is 1.25. The maximum absolute atomic E-state index is 12.9. The summed E-state index contributed by atoms with van der Waals surface area (Å²) < 4.78 is 27.1. The fourth-order valence-corrected chi connectivity index (χ4v) is 1.97. The highest BCUT2D eigenvalue weighted by atomic mass is 32.2. The molecule has 0 saturated carbocycles. The average Bonchev–Trinajstić information content (AvgIpc) is 2.21. The molecule has 3 nitrogen and oxygen atoms in total. The maximum atomic E-state index is 12.9. The van der Waals surface area contributed by atoms with Crippen LogP contribution >= 0.6 is 0 Å². The molecule has 17 heavy (non-hydrogen) atoms. The van der Waals surface area contributed by atoms with Crippen LogP contribution in [0.15, 0.2) is 18.2 Å². The first-order valence-electron chi connectivity index (χ1n) is 5.43. The van der Waals surface area contributed by atoms with Gasteiger partial charge in [-0.25, -0.2) is 4.39 Å². The Morgan fingerprint density at radius 1 is 1.41 bits per heavy atom. The van der Waals surface area contributed by atoms with Crippen molar-refractivity contribution in [3.63, 3.8) is 0 Å². The molecule has 0 fully saturated rings. The summed E-state index contributed by atoms with van der Waals surface area (Å²) in [6.07, 6.45) is 0.436. The second-order valence-electron chi connectivity index (χ2n) is 4.80. The third-order valence-electron chi connectivity index (χ3n) is 2.23. The lowest BCUT2D eigenvalue weighted by Gasteiger charge is -2.23. The standard InChI is InChI=1S/C12H18FNO2S/c1-12(2,3)17(16)14-7-6-9-8-10(13)4-5-11(9)15/h4-5,8,14-15H,6-7H2,1-3H3/t17-/m1/s1. The van der Waals surface area contributed by atoms with Crippen LogP contribution in [0.1, 0.15) is 26.3 Å². The Bertz CT molecular complexity index is 379. The number of hydrogen-bond donors (Lipinski definition) is 2. The number of nitrogens with one attached hydrogen (secondary N) is 1. The molecular weight excluding hydrogens is 241 g/mol. The van der Waals surface area contributed by atoms with Crippen LogP contribution in [0.5, 0.6) is 5.75 Å². The third kappa shape index (κ3) is 4.53. The van der Waals surface area contributed by atoms with Crippen molar-refractivity contribution in [2.75, 3.05) is 6.54 Å². The summed E-state index contributed by atoms with van der Waals surface area (Å²) in [7, 11) is 0. The molecule has 2 N–H and O–H groups in total. The molecule has 1 aromatic carbocycles. The van der Waals surface area contributed by atoms with E-state index in [9.17, 15) is 14.0 Å². The minimum atomic E-state index is -1.15. The second kappa shape index (κ2) is 5.71. The predicted molar refractivity (Wildman–Crippen MR) is 67.7 cm³/mol. The Labute approximate surface area is 104 Å². The van der Waals surface area contributed by atoms with Crippen molar-refractivity contribution in [3.8, 4) is 5.75 Å². The molecule has 0 aliphatic rings. The molecule has 0 saturated heterocycles. The number of phenolic OH excluding ortho intramolecular Hbond substituents is 1. The molecule has 1 rings (SSSR count). The summed E-state index contributed by atoms with van der Waals surface area (Å²) >= 11 is -1.15. The summed E-state index contributed by atoms with van der Waals surface area (Å²) in [6, 6.07) is 3.82. The highest BCUT2D eigenvalue weighted by Crippen LogP contribution is 2.18. The van der Waals surface area contributed by atoms with Crippen LogP contribution in [0.4, 0.5) is 4.39 Å². The molecule has 0 aliphatic carbocycles. The zero-order valence-electron chi connectivity index (χ0n) is 10.3. The molecule has 0 aliphatic heterocycles. The van der Waals surface area contributed by atoms with E-state index < -0.39 is 11.4 Å². The van der Waals surface area contributed by atoms with Gasteiger partial charge < -0.3 is 9.66 Å². The fraction of sp³-hybridized carbons (Fsp3) is 0.500. The van der Waals surface area contributed by atoms with Crippen LogP contribution in [-0.2, 0) is 17.8 Å². The Kier molecular flexibility index (Phi) is 4.80. The highest BCUT2D eigenvalue weighted by Gasteiger charge is 2.25. The number of aromatic hydroxyl groups is 1. The van der Waals surface area contributed by atoms with Gasteiger partial charge in [-0.15, -0.1) is 4.72 Å². The molecule has 0 aromatic heterocycles. The van der Waals surface area contributed by atoms with Gasteiger partial charge in [0.1, 0.15) is 16.3 Å². The van der Waals surface area contributed by atoms with E-state index >= 15 is 0 Å². The topological polar surface area (TPSA) is 55.3 Å². The molecule has 0 bridgehead atoms. The predicted octanol–water partition coefficient (Wildman–Crippen LogP) is 2.13. The largest absolute Gasteiger partial charge is 0.598 e. The van der Waals surface area contributed by atoms with Gasteiger partial charge in [0.25, 0.3) is 0 Å². The van der Waals surface area contributed by atoms with Crippen molar-refractivity contribution in [2.45, 2.75) is 31.9 Å². The minimum absolute atomic E-state index is 0.0646. The van der Waals surface area contributed by atoms with Crippen molar-refractivity contribution in [2.24, 2.45) is 0 Å². The Morgan fingerprint density at radius 3 is 2.65 bits per heavy atom. The lowest BCUT2D eigenvalue weighted by molar-refractivity contribution is 0.464. The van der Waals surface area contributed by atoms with Gasteiger partial charge in [0.15, 0.2) is 0 Å². The van der Waals surface area contributed by atoms with Gasteiger partial charge in [0, 0.05) is 17.9 Å². The molecule has 1 atom stereocenters. The van der Waals surface area contributed by atoms with Crippen molar-refractivity contribution in [1.29, 1.82) is 0 Å². The zero-order chi connectivity index (χ0) is 13.1. The Morgan fingerprint density at radius 2 is 2.06 bits per heavy atom. The van der Waals surface area contributed by atoms with E-state index in [2.05, 4.69) is 4.72 Å². The monoisotopic (exact) mass is 259 g/mol. The van der Waals surface area contributed by atoms with Crippen molar-refractivity contribution < 1.29 is 14.0 Å². The van der Waals surface area contributed by atoms with Crippen molar-refractivity contribution >= 4 is 11.4 Å². The van der Waals surface area contributed by atoms with Gasteiger partial charge in [-0.2, -0.15) is 0 Å². The number of benzene rings is 1. The van der Waals surface area contributed by atoms with Crippen molar-refractivity contribution in [1.82, 2.24) is 4.72 Å². The molecule has 0 heterocycles. The Hall–Kier alpha value is -0.780. The third-order valence-corrected chi connectivity index (χ3v) is 3.80. The highest BCUT2D eigenvalue weighted by molar-refractivity contribution is 7.90. The van der Waals surface area contributed by atoms with E-state index in [1.807, 2.05) is 20.8 Å². The summed E-state index contributed by atoms with van der Waals surface area (Å²) in [6.45, 7) is 6.04. The molecule has 0 amide bonds. The van der Waals surface area contributed by atoms with Gasteiger partial charge in [-0.05, 0) is 51.0 Å². The van der Waals surface area contributed by atoms with E-state index in [-0.39, 0.29) is 16.3 Å². The lowest BCUT2D eigenvalue weighted by atomic mass is 10.1. The number of phenols is 1. The van der Waals surface area contributed by atoms with Gasteiger partial charge in [0.05, 0.1) is 0 Å². The van der Waals surface area contributed by atoms with Crippen LogP contribution in [0.25, 0.3) is 0 Å². The first-order valence-corrected chi connectivity index (χ1v) is 6.58. The SMILES string of the molecule is CC(C)(C)[S@@+]([O-])NCCc1cc(F)ccc1O. The molecular formula is C12H18FNO2S. The number of hydrogen-bond acceptors (Lipinski definition) is 3. The molecule has 0 unspecified atom stereocenters. The van der Waals surface area contributed by atoms with Gasteiger partial charge in [-0.1, -0.05) is 0 Å². The first kappa shape index (κ1) is 14.3. The van der Waals surface area contributed by atoms with E-state index in [0.29, 0.717) is 18.5 Å². The van der Waals surface area contributed by atoms with Crippen LogP contribution in [0.3, 0.4) is 0 Å².